The number of halogens is 3. The van der Waals surface area contributed by atoms with Gasteiger partial charge in [-0.1, -0.05) is 0 Å². The Morgan fingerprint density at radius 2 is 1.90 bits per heavy atom. The van der Waals surface area contributed by atoms with Crippen LogP contribution in [0.25, 0.3) is 0 Å². The normalized spacial score (nSPS) is 10.3. The summed E-state index contributed by atoms with van der Waals surface area (Å²) in [6, 6.07) is 3.71. The Labute approximate surface area is 111 Å². The number of pyridine rings is 1. The van der Waals surface area contributed by atoms with Crippen LogP contribution >= 0.6 is 0 Å². The lowest BCUT2D eigenvalue weighted by Crippen LogP contribution is -2.14. The van der Waals surface area contributed by atoms with Crippen molar-refractivity contribution in [2.75, 3.05) is 11.1 Å². The molecule has 1 aromatic heterocycles. The van der Waals surface area contributed by atoms with Crippen molar-refractivity contribution < 1.29 is 18.0 Å². The van der Waals surface area contributed by atoms with Gasteiger partial charge >= 0.3 is 0 Å². The largest absolute Gasteiger partial charge is 0.396 e. The van der Waals surface area contributed by atoms with Crippen LogP contribution in [0.2, 0.25) is 0 Å². The number of hydrogen-bond donors (Lipinski definition) is 3. The van der Waals surface area contributed by atoms with Crippen molar-refractivity contribution >= 4 is 23.1 Å². The standard InChI is InChI=1S/C12H9F3N4O/c13-5-3-6(14)10(15)9(4-5)19-12-7(16)1-2-8(18-12)11(17)20/h1-4H,16H2,(H2,17,20)(H,18,19). The first kappa shape index (κ1) is 13.7. The lowest BCUT2D eigenvalue weighted by molar-refractivity contribution is 0.0996. The minimum absolute atomic E-state index is 0.0547. The molecule has 0 bridgehead atoms. The van der Waals surface area contributed by atoms with Gasteiger partial charge in [-0.25, -0.2) is 18.2 Å². The molecular weight excluding hydrogens is 273 g/mol. The summed E-state index contributed by atoms with van der Waals surface area (Å²) in [5, 5.41) is 2.32. The summed E-state index contributed by atoms with van der Waals surface area (Å²) in [6.07, 6.45) is 0. The van der Waals surface area contributed by atoms with Gasteiger partial charge in [0.05, 0.1) is 11.4 Å². The van der Waals surface area contributed by atoms with Crippen LogP contribution in [0.4, 0.5) is 30.4 Å². The van der Waals surface area contributed by atoms with Gasteiger partial charge in [0.25, 0.3) is 5.91 Å². The maximum atomic E-state index is 13.5. The molecule has 0 spiro atoms. The highest BCUT2D eigenvalue weighted by atomic mass is 19.2. The molecule has 0 aliphatic carbocycles. The maximum Gasteiger partial charge on any atom is 0.267 e. The van der Waals surface area contributed by atoms with Gasteiger partial charge in [-0.3, -0.25) is 4.79 Å². The molecule has 0 unspecified atom stereocenters. The molecule has 2 aromatic rings. The van der Waals surface area contributed by atoms with Crippen molar-refractivity contribution in [1.82, 2.24) is 4.98 Å². The number of primary amides is 1. The quantitative estimate of drug-likeness (QED) is 0.750. The van der Waals surface area contributed by atoms with Crippen molar-refractivity contribution in [2.24, 2.45) is 5.73 Å². The molecule has 1 amide bonds. The highest BCUT2D eigenvalue weighted by Crippen LogP contribution is 2.25. The van der Waals surface area contributed by atoms with Crippen molar-refractivity contribution in [1.29, 1.82) is 0 Å². The van der Waals surface area contributed by atoms with E-state index in [9.17, 15) is 18.0 Å². The first-order valence-electron chi connectivity index (χ1n) is 5.36. The van der Waals surface area contributed by atoms with E-state index in [0.717, 1.165) is 6.07 Å². The minimum atomic E-state index is -1.36. The van der Waals surface area contributed by atoms with Crippen LogP contribution in [0.3, 0.4) is 0 Å². The number of rotatable bonds is 3. The highest BCUT2D eigenvalue weighted by Gasteiger charge is 2.14. The van der Waals surface area contributed by atoms with E-state index in [0.29, 0.717) is 6.07 Å². The average Bonchev–Trinajstić information content (AvgIpc) is 2.37. The van der Waals surface area contributed by atoms with E-state index >= 15 is 0 Å². The van der Waals surface area contributed by atoms with Crippen molar-refractivity contribution in [3.8, 4) is 0 Å². The van der Waals surface area contributed by atoms with E-state index in [1.165, 1.54) is 12.1 Å². The number of nitrogens with one attached hydrogen (secondary N) is 1. The molecule has 0 radical (unpaired) electrons. The molecule has 1 aromatic carbocycles. The van der Waals surface area contributed by atoms with E-state index < -0.39 is 29.0 Å². The lowest BCUT2D eigenvalue weighted by atomic mass is 10.2. The Kier molecular flexibility index (Phi) is 3.47. The van der Waals surface area contributed by atoms with Gasteiger partial charge < -0.3 is 16.8 Å². The van der Waals surface area contributed by atoms with Gasteiger partial charge in [0.2, 0.25) is 0 Å². The third kappa shape index (κ3) is 2.63. The number of carbonyl (C=O) groups excluding carboxylic acids is 1. The molecule has 0 saturated carbocycles. The first-order valence-corrected chi connectivity index (χ1v) is 5.36. The molecule has 0 atom stereocenters. The molecule has 8 heteroatoms. The zero-order valence-corrected chi connectivity index (χ0v) is 9.95. The summed E-state index contributed by atoms with van der Waals surface area (Å²) in [5.41, 5.74) is 10.0. The Balaban J connectivity index is 2.44. The van der Waals surface area contributed by atoms with E-state index in [-0.39, 0.29) is 17.2 Å². The van der Waals surface area contributed by atoms with Crippen LogP contribution in [0.15, 0.2) is 24.3 Å². The molecular formula is C12H9F3N4O. The number of nitrogen functional groups attached to an aromatic ring is 1. The fourth-order valence-electron chi connectivity index (χ4n) is 1.48. The topological polar surface area (TPSA) is 94.0 Å². The van der Waals surface area contributed by atoms with Crippen molar-refractivity contribution in [3.05, 3.63) is 47.4 Å². The third-order valence-corrected chi connectivity index (χ3v) is 2.42. The predicted molar refractivity (Wildman–Crippen MR) is 66.8 cm³/mol. The Bertz CT molecular complexity index is 691. The Morgan fingerprint density at radius 3 is 2.55 bits per heavy atom. The fourth-order valence-corrected chi connectivity index (χ4v) is 1.48. The number of hydrogen-bond acceptors (Lipinski definition) is 4. The van der Waals surface area contributed by atoms with Gasteiger partial charge in [0, 0.05) is 12.1 Å². The van der Waals surface area contributed by atoms with Crippen LogP contribution in [-0.4, -0.2) is 10.9 Å². The number of benzene rings is 1. The maximum absolute atomic E-state index is 13.5. The van der Waals surface area contributed by atoms with E-state index in [4.69, 9.17) is 11.5 Å². The number of amides is 1. The van der Waals surface area contributed by atoms with E-state index in [1.807, 2.05) is 0 Å². The minimum Gasteiger partial charge on any atom is -0.396 e. The van der Waals surface area contributed by atoms with Gasteiger partial charge in [-0.05, 0) is 12.1 Å². The first-order chi connectivity index (χ1) is 9.38. The van der Waals surface area contributed by atoms with Crippen LogP contribution in [0, 0.1) is 17.5 Å². The second kappa shape index (κ2) is 5.08. The fraction of sp³-hybridized carbons (Fsp3) is 0. The number of aromatic nitrogens is 1. The van der Waals surface area contributed by atoms with E-state index in [2.05, 4.69) is 10.3 Å². The predicted octanol–water partition coefficient (Wildman–Crippen LogP) is 1.92. The van der Waals surface area contributed by atoms with Gasteiger partial charge in [-0.15, -0.1) is 0 Å². The molecule has 0 fully saturated rings. The second-order valence-corrected chi connectivity index (χ2v) is 3.87. The highest BCUT2D eigenvalue weighted by molar-refractivity contribution is 5.92. The smallest absolute Gasteiger partial charge is 0.267 e. The molecule has 20 heavy (non-hydrogen) atoms. The molecule has 0 aliphatic heterocycles. The third-order valence-electron chi connectivity index (χ3n) is 2.42. The molecule has 0 saturated heterocycles. The summed E-state index contributed by atoms with van der Waals surface area (Å²) in [6.45, 7) is 0. The Hall–Kier alpha value is -2.77. The SMILES string of the molecule is NC(=O)c1ccc(N)c(Nc2cc(F)cc(F)c2F)n1. The van der Waals surface area contributed by atoms with Crippen LogP contribution in [-0.2, 0) is 0 Å². The number of carbonyl (C=O) groups is 1. The Morgan fingerprint density at radius 1 is 1.20 bits per heavy atom. The average molecular weight is 282 g/mol. The van der Waals surface area contributed by atoms with Crippen molar-refractivity contribution in [2.45, 2.75) is 0 Å². The van der Waals surface area contributed by atoms with Crippen LogP contribution in [0.5, 0.6) is 0 Å². The number of anilines is 3. The van der Waals surface area contributed by atoms with Gasteiger partial charge in [0.15, 0.2) is 17.5 Å². The molecule has 104 valence electrons. The molecule has 0 aliphatic rings. The summed E-state index contributed by atoms with van der Waals surface area (Å²) < 4.78 is 39.6. The monoisotopic (exact) mass is 282 g/mol. The molecule has 5 N–H and O–H groups in total. The second-order valence-electron chi connectivity index (χ2n) is 3.87. The zero-order valence-electron chi connectivity index (χ0n) is 9.95. The number of nitrogens with two attached hydrogens (primary N) is 2. The summed E-state index contributed by atoms with van der Waals surface area (Å²) in [5.74, 6) is -4.59. The van der Waals surface area contributed by atoms with Crippen LogP contribution in [0.1, 0.15) is 10.5 Å². The summed E-state index contributed by atoms with van der Waals surface area (Å²) >= 11 is 0. The van der Waals surface area contributed by atoms with Crippen molar-refractivity contribution in [3.63, 3.8) is 0 Å². The zero-order chi connectivity index (χ0) is 14.9. The lowest BCUT2D eigenvalue weighted by Gasteiger charge is -2.10. The van der Waals surface area contributed by atoms with E-state index in [1.54, 1.807) is 0 Å². The molecule has 1 heterocycles. The summed E-state index contributed by atoms with van der Waals surface area (Å²) in [7, 11) is 0. The molecule has 5 nitrogen and oxygen atoms in total. The van der Waals surface area contributed by atoms with Gasteiger partial charge in [0.1, 0.15) is 11.5 Å². The number of nitrogens with zero attached hydrogens (tertiary/aromatic N) is 1. The van der Waals surface area contributed by atoms with Gasteiger partial charge in [-0.2, -0.15) is 0 Å². The molecule has 2 rings (SSSR count). The summed E-state index contributed by atoms with van der Waals surface area (Å²) in [4.78, 5) is 14.7. The van der Waals surface area contributed by atoms with Crippen LogP contribution < -0.4 is 16.8 Å².